The number of pyridine rings is 1. The summed E-state index contributed by atoms with van der Waals surface area (Å²) in [6, 6.07) is 3.33. The number of esters is 1. The van der Waals surface area contributed by atoms with Crippen LogP contribution in [0.4, 0.5) is 11.5 Å². The lowest BCUT2D eigenvalue weighted by Crippen LogP contribution is -2.12. The van der Waals surface area contributed by atoms with Crippen LogP contribution in [0.2, 0.25) is 0 Å². The van der Waals surface area contributed by atoms with E-state index in [0.29, 0.717) is 29.4 Å². The fourth-order valence-corrected chi connectivity index (χ4v) is 1.66. The number of carbonyl (C=O) groups is 1. The number of aryl methyl sites for hydroxylation is 1. The van der Waals surface area contributed by atoms with Gasteiger partial charge in [-0.3, -0.25) is 0 Å². The quantitative estimate of drug-likeness (QED) is 0.802. The fourth-order valence-electron chi connectivity index (χ4n) is 1.66. The number of rotatable bonds is 5. The molecule has 2 heterocycles. The number of nitrogens with one attached hydrogen (secondary N) is 1. The van der Waals surface area contributed by atoms with Gasteiger partial charge in [0, 0.05) is 6.07 Å². The highest BCUT2D eigenvalue weighted by atomic mass is 16.5. The van der Waals surface area contributed by atoms with E-state index in [9.17, 15) is 4.79 Å². The van der Waals surface area contributed by atoms with Gasteiger partial charge in [-0.15, -0.1) is 0 Å². The Hall–Kier alpha value is -2.57. The Balaban J connectivity index is 2.16. The third-order valence-electron chi connectivity index (χ3n) is 2.51. The van der Waals surface area contributed by atoms with Crippen LogP contribution in [0, 0.1) is 6.92 Å². The van der Waals surface area contributed by atoms with E-state index in [2.05, 4.69) is 15.5 Å². The molecule has 2 aromatic rings. The summed E-state index contributed by atoms with van der Waals surface area (Å²) in [4.78, 5) is 15.9. The van der Waals surface area contributed by atoms with Gasteiger partial charge in [0.1, 0.15) is 11.4 Å². The van der Waals surface area contributed by atoms with Crippen LogP contribution in [0.1, 0.15) is 28.7 Å². The number of aromatic nitrogens is 2. The highest BCUT2D eigenvalue weighted by molar-refractivity contribution is 5.95. The van der Waals surface area contributed by atoms with E-state index in [4.69, 9.17) is 15.0 Å². The first-order valence-corrected chi connectivity index (χ1v) is 6.19. The second-order valence-electron chi connectivity index (χ2n) is 4.17. The van der Waals surface area contributed by atoms with Gasteiger partial charge in [-0.25, -0.2) is 9.78 Å². The van der Waals surface area contributed by atoms with Crippen molar-refractivity contribution in [2.24, 2.45) is 0 Å². The monoisotopic (exact) mass is 276 g/mol. The number of nitrogens with zero attached hydrogens (tertiary/aromatic N) is 2. The van der Waals surface area contributed by atoms with Crippen molar-refractivity contribution in [1.29, 1.82) is 0 Å². The van der Waals surface area contributed by atoms with Crippen molar-refractivity contribution in [1.82, 2.24) is 10.1 Å². The molecule has 106 valence electrons. The van der Waals surface area contributed by atoms with Gasteiger partial charge < -0.3 is 20.3 Å². The lowest BCUT2D eigenvalue weighted by molar-refractivity contribution is 0.0527. The summed E-state index contributed by atoms with van der Waals surface area (Å²) >= 11 is 0. The molecule has 0 unspecified atom stereocenters. The Kier molecular flexibility index (Phi) is 4.19. The highest BCUT2D eigenvalue weighted by Crippen LogP contribution is 2.18. The number of nitrogen functional groups attached to an aromatic ring is 1. The Morgan fingerprint density at radius 2 is 2.30 bits per heavy atom. The highest BCUT2D eigenvalue weighted by Gasteiger charge is 2.15. The average Bonchev–Trinajstić information content (AvgIpc) is 2.83. The minimum absolute atomic E-state index is 0.286. The van der Waals surface area contributed by atoms with Gasteiger partial charge in [0.15, 0.2) is 5.76 Å². The predicted molar refractivity (Wildman–Crippen MR) is 73.2 cm³/mol. The lowest BCUT2D eigenvalue weighted by atomic mass is 10.2. The van der Waals surface area contributed by atoms with Crippen molar-refractivity contribution in [3.8, 4) is 0 Å². The Morgan fingerprint density at radius 1 is 1.50 bits per heavy atom. The van der Waals surface area contributed by atoms with E-state index in [1.54, 1.807) is 13.0 Å². The molecule has 0 fully saturated rings. The maximum absolute atomic E-state index is 11.8. The molecule has 0 aliphatic heterocycles. The van der Waals surface area contributed by atoms with Crippen LogP contribution in [0.3, 0.4) is 0 Å². The van der Waals surface area contributed by atoms with Crippen molar-refractivity contribution in [3.05, 3.63) is 35.3 Å². The topological polar surface area (TPSA) is 103 Å². The van der Waals surface area contributed by atoms with E-state index < -0.39 is 5.97 Å². The van der Waals surface area contributed by atoms with Crippen molar-refractivity contribution in [3.63, 3.8) is 0 Å². The summed E-state index contributed by atoms with van der Waals surface area (Å²) in [5.41, 5.74) is 7.13. The van der Waals surface area contributed by atoms with Gasteiger partial charge in [0.2, 0.25) is 0 Å². The zero-order valence-corrected chi connectivity index (χ0v) is 11.3. The molecule has 0 radical (unpaired) electrons. The van der Waals surface area contributed by atoms with Crippen LogP contribution >= 0.6 is 0 Å². The molecule has 0 saturated carbocycles. The zero-order chi connectivity index (χ0) is 14.5. The molecule has 7 nitrogen and oxygen atoms in total. The van der Waals surface area contributed by atoms with Crippen LogP contribution in [0.15, 0.2) is 22.9 Å². The molecule has 0 saturated heterocycles. The number of hydrogen-bond donors (Lipinski definition) is 2. The third-order valence-corrected chi connectivity index (χ3v) is 2.51. The summed E-state index contributed by atoms with van der Waals surface area (Å²) in [5, 5.41) is 6.79. The van der Waals surface area contributed by atoms with Gasteiger partial charge in [-0.05, 0) is 19.9 Å². The van der Waals surface area contributed by atoms with Crippen LogP contribution < -0.4 is 11.1 Å². The molecule has 0 atom stereocenters. The maximum Gasteiger partial charge on any atom is 0.341 e. The van der Waals surface area contributed by atoms with Gasteiger partial charge in [0.05, 0.1) is 30.7 Å². The first-order valence-electron chi connectivity index (χ1n) is 6.19. The number of anilines is 2. The third kappa shape index (κ3) is 3.25. The normalized spacial score (nSPS) is 10.3. The van der Waals surface area contributed by atoms with Crippen molar-refractivity contribution >= 4 is 17.5 Å². The summed E-state index contributed by atoms with van der Waals surface area (Å²) in [6.07, 6.45) is 1.47. The van der Waals surface area contributed by atoms with E-state index in [1.807, 2.05) is 6.92 Å². The van der Waals surface area contributed by atoms with Gasteiger partial charge >= 0.3 is 5.97 Å². The van der Waals surface area contributed by atoms with Gasteiger partial charge in [-0.2, -0.15) is 0 Å². The minimum atomic E-state index is -0.469. The largest absolute Gasteiger partial charge is 0.462 e. The van der Waals surface area contributed by atoms with Crippen LogP contribution in [-0.2, 0) is 11.3 Å². The molecule has 0 aliphatic carbocycles. The average molecular weight is 276 g/mol. The Labute approximate surface area is 116 Å². The number of nitrogens with two attached hydrogens (primary N) is 1. The van der Waals surface area contributed by atoms with E-state index in [0.717, 1.165) is 5.69 Å². The molecule has 0 aliphatic rings. The van der Waals surface area contributed by atoms with Crippen molar-refractivity contribution in [2.45, 2.75) is 20.4 Å². The first kappa shape index (κ1) is 13.9. The van der Waals surface area contributed by atoms with E-state index >= 15 is 0 Å². The number of hydrogen-bond acceptors (Lipinski definition) is 7. The summed E-state index contributed by atoms with van der Waals surface area (Å²) in [5.74, 6) is 0.575. The number of carbonyl (C=O) groups excluding carboxylic acids is 1. The summed E-state index contributed by atoms with van der Waals surface area (Å²) in [7, 11) is 0. The second-order valence-corrected chi connectivity index (χ2v) is 4.17. The Morgan fingerprint density at radius 3 is 2.95 bits per heavy atom. The van der Waals surface area contributed by atoms with E-state index in [-0.39, 0.29) is 6.61 Å². The van der Waals surface area contributed by atoms with Crippen LogP contribution in [-0.4, -0.2) is 22.7 Å². The summed E-state index contributed by atoms with van der Waals surface area (Å²) in [6.45, 7) is 4.22. The first-order chi connectivity index (χ1) is 9.60. The predicted octanol–water partition coefficient (Wildman–Crippen LogP) is 1.75. The van der Waals surface area contributed by atoms with Gasteiger partial charge in [-0.1, -0.05) is 5.16 Å². The van der Waals surface area contributed by atoms with E-state index in [1.165, 1.54) is 12.3 Å². The molecule has 20 heavy (non-hydrogen) atoms. The standard InChI is InChI=1S/C13H16N4O3/c1-3-19-13(18)11-5-9(14)6-15-12(11)16-7-10-4-8(2)17-20-10/h4-6H,3,7,14H2,1-2H3,(H,15,16). The van der Waals surface area contributed by atoms with Crippen LogP contribution in [0.25, 0.3) is 0 Å². The van der Waals surface area contributed by atoms with Crippen molar-refractivity contribution in [2.75, 3.05) is 17.7 Å². The molecule has 3 N–H and O–H groups in total. The lowest BCUT2D eigenvalue weighted by Gasteiger charge is -2.09. The van der Waals surface area contributed by atoms with Crippen molar-refractivity contribution < 1.29 is 14.1 Å². The molecule has 0 bridgehead atoms. The second kappa shape index (κ2) is 6.05. The molecular weight excluding hydrogens is 260 g/mol. The van der Waals surface area contributed by atoms with Gasteiger partial charge in [0.25, 0.3) is 0 Å². The molecule has 0 amide bonds. The smallest absolute Gasteiger partial charge is 0.341 e. The Bertz CT molecular complexity index is 609. The number of ether oxygens (including phenoxy) is 1. The SMILES string of the molecule is CCOC(=O)c1cc(N)cnc1NCc1cc(C)no1. The van der Waals surface area contributed by atoms with Crippen LogP contribution in [0.5, 0.6) is 0 Å². The molecule has 7 heteroatoms. The minimum Gasteiger partial charge on any atom is -0.462 e. The molecule has 0 aromatic carbocycles. The summed E-state index contributed by atoms with van der Waals surface area (Å²) < 4.78 is 10.0. The maximum atomic E-state index is 11.8. The molecule has 0 spiro atoms. The molecule has 2 aromatic heterocycles. The molecule has 2 rings (SSSR count). The fraction of sp³-hybridized carbons (Fsp3) is 0.308. The molecular formula is C13H16N4O3. The zero-order valence-electron chi connectivity index (χ0n) is 11.3.